The van der Waals surface area contributed by atoms with E-state index in [4.69, 9.17) is 9.72 Å². The predicted octanol–water partition coefficient (Wildman–Crippen LogP) is 6.28. The normalized spacial score (nSPS) is 15.2. The van der Waals surface area contributed by atoms with Crippen LogP contribution in [0.1, 0.15) is 54.9 Å². The van der Waals surface area contributed by atoms with Gasteiger partial charge in [0.05, 0.1) is 23.7 Å². The number of hydrogen-bond acceptors (Lipinski definition) is 5. The third kappa shape index (κ3) is 7.78. The number of likely N-dealkylation sites (tertiary alicyclic amines) is 1. The molecule has 0 saturated carbocycles. The first-order valence-electron chi connectivity index (χ1n) is 15.4. The minimum absolute atomic E-state index is 0.0743. The first-order chi connectivity index (χ1) is 20.5. The average Bonchev–Trinajstić information content (AvgIpc) is 3.36. The average molecular weight is 568 g/mol. The molecule has 1 aliphatic heterocycles. The fourth-order valence-corrected chi connectivity index (χ4v) is 5.92. The van der Waals surface area contributed by atoms with E-state index in [1.807, 2.05) is 48.3 Å². The van der Waals surface area contributed by atoms with Gasteiger partial charge in [-0.2, -0.15) is 0 Å². The Labute approximate surface area is 250 Å². The lowest BCUT2D eigenvalue weighted by molar-refractivity contribution is 0.0735. The highest BCUT2D eigenvalue weighted by atomic mass is 16.5. The fraction of sp³-hybridized carbons (Fsp3) is 0.429. The van der Waals surface area contributed by atoms with Crippen LogP contribution in [-0.2, 0) is 11.3 Å². The number of fused-ring (bicyclic) bond motifs is 1. The smallest absolute Gasteiger partial charge is 0.253 e. The van der Waals surface area contributed by atoms with Crippen LogP contribution in [0.15, 0.2) is 84.9 Å². The monoisotopic (exact) mass is 567 g/mol. The third-order valence-electron chi connectivity index (χ3n) is 8.27. The topological polar surface area (TPSA) is 62.6 Å². The highest BCUT2D eigenvalue weighted by molar-refractivity contribution is 5.94. The van der Waals surface area contributed by atoms with Gasteiger partial charge in [-0.05, 0) is 69.5 Å². The number of likely N-dealkylation sites (N-methyl/N-ethyl adjacent to an activating group) is 1. The van der Waals surface area contributed by atoms with Gasteiger partial charge in [-0.3, -0.25) is 4.79 Å². The summed E-state index contributed by atoms with van der Waals surface area (Å²) in [5.41, 5.74) is 4.20. The lowest BCUT2D eigenvalue weighted by Crippen LogP contribution is -2.40. The maximum Gasteiger partial charge on any atom is 0.253 e. The number of nitrogens with one attached hydrogen (secondary N) is 1. The number of benzene rings is 3. The number of rotatable bonds is 13. The van der Waals surface area contributed by atoms with Crippen molar-refractivity contribution in [3.8, 4) is 0 Å². The highest BCUT2D eigenvalue weighted by Gasteiger charge is 2.24. The summed E-state index contributed by atoms with van der Waals surface area (Å²) in [5.74, 6) is 1.30. The first kappa shape index (κ1) is 29.8. The van der Waals surface area contributed by atoms with Crippen LogP contribution in [0.2, 0.25) is 0 Å². The summed E-state index contributed by atoms with van der Waals surface area (Å²) in [6, 6.07) is 28.9. The molecule has 0 aliphatic carbocycles. The number of imidazole rings is 1. The van der Waals surface area contributed by atoms with Gasteiger partial charge in [-0.25, -0.2) is 4.98 Å². The van der Waals surface area contributed by atoms with Gasteiger partial charge >= 0.3 is 0 Å². The summed E-state index contributed by atoms with van der Waals surface area (Å²) in [6.45, 7) is 9.41. The number of carbonyl (C=O) groups excluding carboxylic acids is 1. The van der Waals surface area contributed by atoms with Gasteiger partial charge in [-0.15, -0.1) is 0 Å². The van der Waals surface area contributed by atoms with E-state index in [1.165, 1.54) is 5.56 Å². The van der Waals surface area contributed by atoms with Crippen LogP contribution in [-0.4, -0.2) is 77.2 Å². The molecule has 7 nitrogen and oxygen atoms in total. The summed E-state index contributed by atoms with van der Waals surface area (Å²) in [4.78, 5) is 22.5. The Balaban J connectivity index is 1.17. The van der Waals surface area contributed by atoms with Crippen LogP contribution in [0.5, 0.6) is 0 Å². The summed E-state index contributed by atoms with van der Waals surface area (Å²) >= 11 is 0. The molecule has 42 heavy (non-hydrogen) atoms. The van der Waals surface area contributed by atoms with E-state index in [9.17, 15) is 4.79 Å². The third-order valence-corrected chi connectivity index (χ3v) is 8.27. The van der Waals surface area contributed by atoms with Crippen LogP contribution < -0.4 is 5.32 Å². The molecule has 1 saturated heterocycles. The first-order valence-corrected chi connectivity index (χ1v) is 15.4. The molecule has 1 N–H and O–H groups in total. The second-order valence-corrected chi connectivity index (χ2v) is 11.7. The van der Waals surface area contributed by atoms with Crippen LogP contribution in [0.4, 0.5) is 5.95 Å². The van der Waals surface area contributed by atoms with Crippen molar-refractivity contribution in [2.75, 3.05) is 45.2 Å². The molecule has 1 amide bonds. The number of ether oxygens (including phenoxy) is 1. The van der Waals surface area contributed by atoms with Gasteiger partial charge in [0.1, 0.15) is 0 Å². The van der Waals surface area contributed by atoms with Crippen molar-refractivity contribution >= 4 is 22.9 Å². The molecule has 1 unspecified atom stereocenters. The van der Waals surface area contributed by atoms with Gasteiger partial charge in [0, 0.05) is 50.7 Å². The maximum absolute atomic E-state index is 13.1. The molecule has 0 spiro atoms. The second-order valence-electron chi connectivity index (χ2n) is 11.7. The SMILES string of the molecule is CC(C)OCCn1c(NC2CCN(CCC(CN(C)C(=O)c3ccccc3)c3ccccc3)CC2)nc2ccccc21. The quantitative estimate of drug-likeness (QED) is 0.206. The molecule has 1 fully saturated rings. The van der Waals surface area contributed by atoms with Gasteiger partial charge < -0.3 is 24.4 Å². The van der Waals surface area contributed by atoms with Crippen LogP contribution in [0.25, 0.3) is 11.0 Å². The molecule has 7 heteroatoms. The minimum atomic E-state index is 0.0743. The van der Waals surface area contributed by atoms with Crippen molar-refractivity contribution in [2.45, 2.75) is 57.7 Å². The van der Waals surface area contributed by atoms with Gasteiger partial charge in [0.2, 0.25) is 5.95 Å². The minimum Gasteiger partial charge on any atom is -0.377 e. The fourth-order valence-electron chi connectivity index (χ4n) is 5.92. The molecule has 222 valence electrons. The lowest BCUT2D eigenvalue weighted by Gasteiger charge is -2.34. The Morgan fingerprint density at radius 3 is 2.33 bits per heavy atom. The maximum atomic E-state index is 13.1. The van der Waals surface area contributed by atoms with E-state index in [-0.39, 0.29) is 17.9 Å². The Bertz CT molecular complexity index is 1400. The number of nitrogens with zero attached hydrogens (tertiary/aromatic N) is 4. The molecule has 4 aromatic rings. The summed E-state index contributed by atoms with van der Waals surface area (Å²) < 4.78 is 8.12. The second kappa shape index (κ2) is 14.5. The van der Waals surface area contributed by atoms with Crippen molar-refractivity contribution < 1.29 is 9.53 Å². The summed E-state index contributed by atoms with van der Waals surface area (Å²) in [7, 11) is 1.92. The molecular formula is C35H45N5O2. The number of anilines is 1. The summed E-state index contributed by atoms with van der Waals surface area (Å²) in [6.07, 6.45) is 3.38. The predicted molar refractivity (Wildman–Crippen MR) is 171 cm³/mol. The molecule has 1 aromatic heterocycles. The molecule has 3 aromatic carbocycles. The van der Waals surface area contributed by atoms with Crippen molar-refractivity contribution in [3.63, 3.8) is 0 Å². The largest absolute Gasteiger partial charge is 0.377 e. The van der Waals surface area contributed by atoms with E-state index in [0.29, 0.717) is 19.2 Å². The standard InChI is InChI=1S/C35H45N5O2/c1-27(2)42-25-24-40-33-17-11-10-16-32(33)37-35(40)36-31-19-22-39(23-20-31)21-18-30(28-12-6-4-7-13-28)26-38(3)34(41)29-14-8-5-9-15-29/h4-17,27,30-31H,18-26H2,1-3H3,(H,36,37). The lowest BCUT2D eigenvalue weighted by atomic mass is 9.94. The van der Waals surface area contributed by atoms with E-state index in [2.05, 4.69) is 77.2 Å². The Kier molecular flexibility index (Phi) is 10.3. The van der Waals surface area contributed by atoms with E-state index >= 15 is 0 Å². The molecule has 2 heterocycles. The number of hydrogen-bond donors (Lipinski definition) is 1. The highest BCUT2D eigenvalue weighted by Crippen LogP contribution is 2.25. The van der Waals surface area contributed by atoms with Crippen molar-refractivity contribution in [1.29, 1.82) is 0 Å². The van der Waals surface area contributed by atoms with E-state index in [1.54, 1.807) is 0 Å². The van der Waals surface area contributed by atoms with Gasteiger partial charge in [-0.1, -0.05) is 60.7 Å². The van der Waals surface area contributed by atoms with Crippen molar-refractivity contribution in [2.24, 2.45) is 0 Å². The number of piperidine rings is 1. The van der Waals surface area contributed by atoms with Gasteiger partial charge in [0.25, 0.3) is 5.91 Å². The van der Waals surface area contributed by atoms with Crippen LogP contribution >= 0.6 is 0 Å². The molecule has 5 rings (SSSR count). The van der Waals surface area contributed by atoms with Crippen LogP contribution in [0, 0.1) is 0 Å². The Hall–Kier alpha value is -3.68. The molecule has 1 aliphatic rings. The molecule has 0 radical (unpaired) electrons. The van der Waals surface area contributed by atoms with E-state index < -0.39 is 0 Å². The van der Waals surface area contributed by atoms with Crippen LogP contribution in [0.3, 0.4) is 0 Å². The van der Waals surface area contributed by atoms with Gasteiger partial charge in [0.15, 0.2) is 0 Å². The number of amides is 1. The summed E-state index contributed by atoms with van der Waals surface area (Å²) in [5, 5.41) is 3.77. The van der Waals surface area contributed by atoms with E-state index in [0.717, 1.165) is 68.0 Å². The molecule has 0 bridgehead atoms. The number of carbonyl (C=O) groups is 1. The number of aromatic nitrogens is 2. The zero-order chi connectivity index (χ0) is 29.3. The number of para-hydroxylation sites is 2. The zero-order valence-corrected chi connectivity index (χ0v) is 25.3. The zero-order valence-electron chi connectivity index (χ0n) is 25.3. The molecule has 1 atom stereocenters. The van der Waals surface area contributed by atoms with Crippen molar-refractivity contribution in [3.05, 3.63) is 96.1 Å². The Morgan fingerprint density at radius 1 is 0.952 bits per heavy atom. The Morgan fingerprint density at radius 2 is 1.62 bits per heavy atom. The van der Waals surface area contributed by atoms with Crippen molar-refractivity contribution in [1.82, 2.24) is 19.4 Å². The molecular weight excluding hydrogens is 522 g/mol.